The van der Waals surface area contributed by atoms with Gasteiger partial charge in [0.25, 0.3) is 10.0 Å². The summed E-state index contributed by atoms with van der Waals surface area (Å²) < 4.78 is 46.1. The van der Waals surface area contributed by atoms with Gasteiger partial charge < -0.3 is 4.74 Å². The first-order valence-electron chi connectivity index (χ1n) is 7.86. The third-order valence-electron chi connectivity index (χ3n) is 3.77. The molecule has 0 saturated carbocycles. The van der Waals surface area contributed by atoms with Crippen LogP contribution in [0.1, 0.15) is 11.1 Å². The summed E-state index contributed by atoms with van der Waals surface area (Å²) in [5.41, 5.74) is 2.06. The molecule has 0 atom stereocenters. The molecule has 7 heteroatoms. The molecular weight excluding hydrogens is 355 g/mol. The number of nitrogens with zero attached hydrogens (tertiary/aromatic N) is 1. The number of sulfonamides is 1. The monoisotopic (exact) mass is 372 g/mol. The number of halogens is 1. The molecule has 0 amide bonds. The fourth-order valence-electron chi connectivity index (χ4n) is 2.31. The SMILES string of the molecule is Cc1ccccc1COc1cccnc1NS(=O)(=O)c1ccc(F)cc1. The highest BCUT2D eigenvalue weighted by Crippen LogP contribution is 2.25. The summed E-state index contributed by atoms with van der Waals surface area (Å²) in [6.07, 6.45) is 1.46. The predicted octanol–water partition coefficient (Wildman–Crippen LogP) is 3.91. The Morgan fingerprint density at radius 1 is 1.04 bits per heavy atom. The van der Waals surface area contributed by atoms with Gasteiger partial charge in [0.05, 0.1) is 4.90 Å². The van der Waals surface area contributed by atoms with Crippen molar-refractivity contribution in [2.24, 2.45) is 0 Å². The Bertz CT molecular complexity index is 1010. The molecule has 26 heavy (non-hydrogen) atoms. The van der Waals surface area contributed by atoms with Gasteiger partial charge in [-0.25, -0.2) is 17.8 Å². The molecule has 3 rings (SSSR count). The average Bonchev–Trinajstić information content (AvgIpc) is 2.62. The average molecular weight is 372 g/mol. The van der Waals surface area contributed by atoms with Crippen LogP contribution in [0.15, 0.2) is 71.8 Å². The van der Waals surface area contributed by atoms with E-state index >= 15 is 0 Å². The minimum Gasteiger partial charge on any atom is -0.485 e. The largest absolute Gasteiger partial charge is 0.485 e. The molecule has 5 nitrogen and oxygen atoms in total. The first-order valence-corrected chi connectivity index (χ1v) is 9.35. The van der Waals surface area contributed by atoms with Crippen molar-refractivity contribution in [2.75, 3.05) is 4.72 Å². The number of pyridine rings is 1. The van der Waals surface area contributed by atoms with Crippen LogP contribution in [0, 0.1) is 12.7 Å². The molecule has 0 aliphatic heterocycles. The standard InChI is InChI=1S/C19H17FN2O3S/c1-14-5-2-3-6-15(14)13-25-18-7-4-12-21-19(18)22-26(23,24)17-10-8-16(20)9-11-17/h2-12H,13H2,1H3,(H,21,22). The molecule has 0 saturated heterocycles. The molecule has 0 bridgehead atoms. The molecule has 0 spiro atoms. The third-order valence-corrected chi connectivity index (χ3v) is 5.12. The zero-order valence-electron chi connectivity index (χ0n) is 14.0. The molecule has 134 valence electrons. The van der Waals surface area contributed by atoms with E-state index in [9.17, 15) is 12.8 Å². The highest BCUT2D eigenvalue weighted by atomic mass is 32.2. The summed E-state index contributed by atoms with van der Waals surface area (Å²) >= 11 is 0. The first-order chi connectivity index (χ1) is 12.5. The smallest absolute Gasteiger partial charge is 0.263 e. The molecular formula is C19H17FN2O3S. The third kappa shape index (κ3) is 4.18. The van der Waals surface area contributed by atoms with Crippen molar-refractivity contribution in [2.45, 2.75) is 18.4 Å². The maximum atomic E-state index is 13.0. The van der Waals surface area contributed by atoms with Crippen molar-refractivity contribution in [3.63, 3.8) is 0 Å². The summed E-state index contributed by atoms with van der Waals surface area (Å²) in [7, 11) is -3.90. The second-order valence-electron chi connectivity index (χ2n) is 5.62. The lowest BCUT2D eigenvalue weighted by Crippen LogP contribution is -2.15. The highest BCUT2D eigenvalue weighted by molar-refractivity contribution is 7.92. The maximum absolute atomic E-state index is 13.0. The molecule has 0 radical (unpaired) electrons. The van der Waals surface area contributed by atoms with E-state index in [0.29, 0.717) is 5.75 Å². The minimum absolute atomic E-state index is 0.0607. The van der Waals surface area contributed by atoms with Gasteiger partial charge in [0.2, 0.25) is 0 Å². The Morgan fingerprint density at radius 2 is 1.77 bits per heavy atom. The summed E-state index contributed by atoms with van der Waals surface area (Å²) in [5, 5.41) is 0. The lowest BCUT2D eigenvalue weighted by molar-refractivity contribution is 0.306. The topological polar surface area (TPSA) is 68.3 Å². The van der Waals surface area contributed by atoms with Crippen LogP contribution in [-0.2, 0) is 16.6 Å². The zero-order valence-corrected chi connectivity index (χ0v) is 14.8. The van der Waals surface area contributed by atoms with Crippen LogP contribution in [0.5, 0.6) is 5.75 Å². The van der Waals surface area contributed by atoms with Gasteiger partial charge in [0, 0.05) is 6.20 Å². The van der Waals surface area contributed by atoms with Crippen LogP contribution in [0.25, 0.3) is 0 Å². The van der Waals surface area contributed by atoms with Gasteiger partial charge in [0.15, 0.2) is 11.6 Å². The Hall–Kier alpha value is -2.93. The van der Waals surface area contributed by atoms with Gasteiger partial charge in [-0.2, -0.15) is 0 Å². The van der Waals surface area contributed by atoms with Gasteiger partial charge in [-0.15, -0.1) is 0 Å². The van der Waals surface area contributed by atoms with Gasteiger partial charge >= 0.3 is 0 Å². The van der Waals surface area contributed by atoms with Crippen molar-refractivity contribution in [3.8, 4) is 5.75 Å². The second-order valence-corrected chi connectivity index (χ2v) is 7.31. The zero-order chi connectivity index (χ0) is 18.6. The van der Waals surface area contributed by atoms with Crippen molar-refractivity contribution in [1.29, 1.82) is 0 Å². The Balaban J connectivity index is 1.81. The number of benzene rings is 2. The summed E-state index contributed by atoms with van der Waals surface area (Å²) in [6, 6.07) is 15.6. The van der Waals surface area contributed by atoms with E-state index in [0.717, 1.165) is 23.3 Å². The number of aryl methyl sites for hydroxylation is 1. The molecule has 2 aromatic carbocycles. The predicted molar refractivity (Wildman–Crippen MR) is 97.0 cm³/mol. The van der Waals surface area contributed by atoms with E-state index in [1.54, 1.807) is 12.1 Å². The molecule has 1 heterocycles. The maximum Gasteiger partial charge on any atom is 0.263 e. The van der Waals surface area contributed by atoms with E-state index < -0.39 is 15.8 Å². The van der Waals surface area contributed by atoms with E-state index in [4.69, 9.17) is 4.74 Å². The molecule has 0 aliphatic rings. The van der Waals surface area contributed by atoms with Crippen LogP contribution in [0.2, 0.25) is 0 Å². The quantitative estimate of drug-likeness (QED) is 0.712. The molecule has 0 aliphatic carbocycles. The number of hydrogen-bond acceptors (Lipinski definition) is 4. The second kappa shape index (κ2) is 7.53. The summed E-state index contributed by atoms with van der Waals surface area (Å²) in [4.78, 5) is 3.99. The molecule has 1 N–H and O–H groups in total. The van der Waals surface area contributed by atoms with E-state index in [-0.39, 0.29) is 17.3 Å². The fourth-order valence-corrected chi connectivity index (χ4v) is 3.33. The minimum atomic E-state index is -3.90. The van der Waals surface area contributed by atoms with Gasteiger partial charge in [-0.1, -0.05) is 24.3 Å². The van der Waals surface area contributed by atoms with Gasteiger partial charge in [-0.05, 0) is 54.4 Å². The highest BCUT2D eigenvalue weighted by Gasteiger charge is 2.17. The number of rotatable bonds is 6. The molecule has 0 fully saturated rings. The number of nitrogens with one attached hydrogen (secondary N) is 1. The van der Waals surface area contributed by atoms with E-state index in [2.05, 4.69) is 9.71 Å². The first kappa shape index (κ1) is 17.9. The van der Waals surface area contributed by atoms with Crippen LogP contribution in [-0.4, -0.2) is 13.4 Å². The normalized spacial score (nSPS) is 11.2. The molecule has 3 aromatic rings. The fraction of sp³-hybridized carbons (Fsp3) is 0.105. The Morgan fingerprint density at radius 3 is 2.50 bits per heavy atom. The summed E-state index contributed by atoms with van der Waals surface area (Å²) in [5.74, 6) is -0.129. The van der Waals surface area contributed by atoms with Crippen molar-refractivity contribution in [3.05, 3.63) is 83.8 Å². The van der Waals surface area contributed by atoms with Crippen molar-refractivity contribution in [1.82, 2.24) is 4.98 Å². The lowest BCUT2D eigenvalue weighted by Gasteiger charge is -2.13. The number of ether oxygens (including phenoxy) is 1. The lowest BCUT2D eigenvalue weighted by atomic mass is 10.1. The van der Waals surface area contributed by atoms with Gasteiger partial charge in [-0.3, -0.25) is 4.72 Å². The Kier molecular flexibility index (Phi) is 5.18. The number of aromatic nitrogens is 1. The van der Waals surface area contributed by atoms with Crippen molar-refractivity contribution < 1.29 is 17.5 Å². The van der Waals surface area contributed by atoms with Crippen LogP contribution >= 0.6 is 0 Å². The van der Waals surface area contributed by atoms with E-state index in [1.165, 1.54) is 18.3 Å². The molecule has 0 unspecified atom stereocenters. The van der Waals surface area contributed by atoms with Crippen LogP contribution < -0.4 is 9.46 Å². The summed E-state index contributed by atoms with van der Waals surface area (Å²) in [6.45, 7) is 2.25. The van der Waals surface area contributed by atoms with E-state index in [1.807, 2.05) is 31.2 Å². The van der Waals surface area contributed by atoms with Gasteiger partial charge in [0.1, 0.15) is 12.4 Å². The number of hydrogen-bond donors (Lipinski definition) is 1. The van der Waals surface area contributed by atoms with Crippen LogP contribution in [0.4, 0.5) is 10.2 Å². The molecule has 1 aromatic heterocycles. The number of anilines is 1. The van der Waals surface area contributed by atoms with Crippen molar-refractivity contribution >= 4 is 15.8 Å². The van der Waals surface area contributed by atoms with Crippen LogP contribution in [0.3, 0.4) is 0 Å². The Labute approximate surface area is 151 Å².